The van der Waals surface area contributed by atoms with Gasteiger partial charge in [0.2, 0.25) is 5.88 Å². The van der Waals surface area contributed by atoms with Gasteiger partial charge < -0.3 is 10.5 Å². The average Bonchev–Trinajstić information content (AvgIpc) is 2.25. The van der Waals surface area contributed by atoms with Crippen LogP contribution in [0.5, 0.6) is 11.6 Å². The number of hydrogen-bond acceptors (Lipinski definition) is 4. The molecule has 0 amide bonds. The highest BCUT2D eigenvalue weighted by Crippen LogP contribution is 2.33. The second-order valence-corrected chi connectivity index (χ2v) is 3.66. The van der Waals surface area contributed by atoms with Gasteiger partial charge in [-0.2, -0.15) is 0 Å². The summed E-state index contributed by atoms with van der Waals surface area (Å²) in [5.41, 5.74) is 6.33. The Morgan fingerprint density at radius 3 is 2.80 bits per heavy atom. The average molecular weight is 266 g/mol. The van der Waals surface area contributed by atoms with Gasteiger partial charge in [0, 0.05) is 12.3 Å². The number of aromatic nitrogens is 2. The smallest absolute Gasteiger partial charge is 0.222 e. The molecular formula is C10H8BrN3O. The minimum absolute atomic E-state index is 0.462. The molecule has 2 rings (SSSR count). The van der Waals surface area contributed by atoms with Crippen LogP contribution >= 0.6 is 15.9 Å². The minimum atomic E-state index is 0.462. The van der Waals surface area contributed by atoms with Crippen LogP contribution in [0.4, 0.5) is 5.69 Å². The van der Waals surface area contributed by atoms with Gasteiger partial charge in [-0.25, -0.2) is 9.97 Å². The van der Waals surface area contributed by atoms with Gasteiger partial charge in [0.15, 0.2) is 5.75 Å². The Morgan fingerprint density at radius 2 is 2.13 bits per heavy atom. The zero-order valence-corrected chi connectivity index (χ0v) is 9.31. The Balaban J connectivity index is 2.32. The zero-order valence-electron chi connectivity index (χ0n) is 7.72. The van der Waals surface area contributed by atoms with Crippen molar-refractivity contribution in [1.29, 1.82) is 0 Å². The normalized spacial score (nSPS) is 9.93. The highest BCUT2D eigenvalue weighted by Gasteiger charge is 2.06. The molecule has 0 aliphatic rings. The number of nitrogens with two attached hydrogens (primary N) is 1. The largest absolute Gasteiger partial charge is 0.436 e. The van der Waals surface area contributed by atoms with Crippen molar-refractivity contribution in [2.75, 3.05) is 5.73 Å². The molecule has 1 aromatic carbocycles. The van der Waals surface area contributed by atoms with Gasteiger partial charge in [-0.05, 0) is 28.1 Å². The molecule has 1 aromatic heterocycles. The number of rotatable bonds is 2. The van der Waals surface area contributed by atoms with Crippen molar-refractivity contribution >= 4 is 21.6 Å². The molecule has 0 atom stereocenters. The lowest BCUT2D eigenvalue weighted by molar-refractivity contribution is 0.461. The monoisotopic (exact) mass is 265 g/mol. The van der Waals surface area contributed by atoms with Crippen LogP contribution in [-0.4, -0.2) is 9.97 Å². The number of halogens is 1. The molecule has 0 radical (unpaired) electrons. The molecule has 0 bridgehead atoms. The van der Waals surface area contributed by atoms with E-state index in [-0.39, 0.29) is 0 Å². The van der Waals surface area contributed by atoms with E-state index in [2.05, 4.69) is 25.9 Å². The Hall–Kier alpha value is -1.62. The van der Waals surface area contributed by atoms with Crippen molar-refractivity contribution in [2.24, 2.45) is 0 Å². The summed E-state index contributed by atoms with van der Waals surface area (Å²) < 4.78 is 6.31. The predicted octanol–water partition coefficient (Wildman–Crippen LogP) is 2.61. The minimum Gasteiger partial charge on any atom is -0.436 e. The number of nitrogens with zero attached hydrogens (tertiary/aromatic N) is 2. The van der Waals surface area contributed by atoms with Gasteiger partial charge in [0.1, 0.15) is 6.33 Å². The summed E-state index contributed by atoms with van der Waals surface area (Å²) in [6.45, 7) is 0. The van der Waals surface area contributed by atoms with E-state index in [0.29, 0.717) is 17.3 Å². The molecule has 0 unspecified atom stereocenters. The lowest BCUT2D eigenvalue weighted by atomic mass is 10.3. The molecular weight excluding hydrogens is 258 g/mol. The van der Waals surface area contributed by atoms with Crippen LogP contribution in [0.3, 0.4) is 0 Å². The number of nitrogen functional groups attached to an aromatic ring is 1. The summed E-state index contributed by atoms with van der Waals surface area (Å²) >= 11 is 3.36. The van der Waals surface area contributed by atoms with E-state index in [1.807, 2.05) is 12.1 Å². The maximum absolute atomic E-state index is 5.77. The van der Waals surface area contributed by atoms with Crippen molar-refractivity contribution in [3.8, 4) is 11.6 Å². The number of ether oxygens (including phenoxy) is 1. The third kappa shape index (κ3) is 2.24. The Bertz CT molecular complexity index is 441. The lowest BCUT2D eigenvalue weighted by Gasteiger charge is -2.08. The van der Waals surface area contributed by atoms with E-state index in [1.165, 1.54) is 6.33 Å². The maximum atomic E-state index is 5.77. The highest BCUT2D eigenvalue weighted by atomic mass is 79.9. The van der Waals surface area contributed by atoms with E-state index >= 15 is 0 Å². The quantitative estimate of drug-likeness (QED) is 0.849. The molecule has 2 aromatic rings. The molecule has 15 heavy (non-hydrogen) atoms. The summed E-state index contributed by atoms with van der Waals surface area (Å²) in [4.78, 5) is 7.74. The molecule has 0 aliphatic carbocycles. The van der Waals surface area contributed by atoms with Crippen LogP contribution in [0.25, 0.3) is 0 Å². The Morgan fingerprint density at radius 1 is 1.27 bits per heavy atom. The second-order valence-electron chi connectivity index (χ2n) is 2.81. The number of benzene rings is 1. The van der Waals surface area contributed by atoms with Gasteiger partial charge in [0.25, 0.3) is 0 Å². The molecule has 2 N–H and O–H groups in total. The summed E-state index contributed by atoms with van der Waals surface area (Å²) in [5, 5.41) is 0. The summed E-state index contributed by atoms with van der Waals surface area (Å²) in [5.74, 6) is 1.03. The molecule has 0 spiro atoms. The maximum Gasteiger partial charge on any atom is 0.222 e. The highest BCUT2D eigenvalue weighted by molar-refractivity contribution is 9.10. The van der Waals surface area contributed by atoms with Crippen LogP contribution in [0.2, 0.25) is 0 Å². The van der Waals surface area contributed by atoms with Gasteiger partial charge in [-0.3, -0.25) is 0 Å². The standard InChI is InChI=1S/C10H8BrN3O/c11-7-2-1-3-8(12)10(7)15-9-4-5-13-6-14-9/h1-6H,12H2. The molecule has 0 saturated heterocycles. The first-order chi connectivity index (χ1) is 7.27. The lowest BCUT2D eigenvalue weighted by Crippen LogP contribution is -1.94. The molecule has 4 nitrogen and oxygen atoms in total. The fraction of sp³-hybridized carbons (Fsp3) is 0. The number of para-hydroxylation sites is 1. The fourth-order valence-electron chi connectivity index (χ4n) is 1.08. The number of hydrogen-bond donors (Lipinski definition) is 1. The van der Waals surface area contributed by atoms with Gasteiger partial charge in [-0.15, -0.1) is 0 Å². The van der Waals surface area contributed by atoms with Gasteiger partial charge in [0.05, 0.1) is 10.2 Å². The first kappa shape index (κ1) is 9.92. The molecule has 0 aliphatic heterocycles. The molecule has 76 valence electrons. The van der Waals surface area contributed by atoms with Gasteiger partial charge >= 0.3 is 0 Å². The van der Waals surface area contributed by atoms with E-state index < -0.39 is 0 Å². The summed E-state index contributed by atoms with van der Waals surface area (Å²) in [6, 6.07) is 7.12. The van der Waals surface area contributed by atoms with Crippen LogP contribution in [0.1, 0.15) is 0 Å². The van der Waals surface area contributed by atoms with Crippen molar-refractivity contribution in [3.63, 3.8) is 0 Å². The predicted molar refractivity (Wildman–Crippen MR) is 60.7 cm³/mol. The first-order valence-electron chi connectivity index (χ1n) is 4.25. The summed E-state index contributed by atoms with van der Waals surface area (Å²) in [6.07, 6.45) is 3.03. The van der Waals surface area contributed by atoms with Crippen LogP contribution in [0, 0.1) is 0 Å². The number of anilines is 1. The third-order valence-electron chi connectivity index (χ3n) is 1.76. The fourth-order valence-corrected chi connectivity index (χ4v) is 1.54. The van der Waals surface area contributed by atoms with E-state index in [9.17, 15) is 0 Å². The summed E-state index contributed by atoms with van der Waals surface area (Å²) in [7, 11) is 0. The molecule has 0 fully saturated rings. The van der Waals surface area contributed by atoms with Gasteiger partial charge in [-0.1, -0.05) is 6.07 Å². The van der Waals surface area contributed by atoms with Crippen molar-refractivity contribution in [2.45, 2.75) is 0 Å². The third-order valence-corrected chi connectivity index (χ3v) is 2.38. The van der Waals surface area contributed by atoms with E-state index in [0.717, 1.165) is 4.47 Å². The Labute approximate surface area is 95.2 Å². The molecule has 0 saturated carbocycles. The topological polar surface area (TPSA) is 61.0 Å². The van der Waals surface area contributed by atoms with E-state index in [4.69, 9.17) is 10.5 Å². The van der Waals surface area contributed by atoms with Crippen LogP contribution in [-0.2, 0) is 0 Å². The Kier molecular flexibility index (Phi) is 2.82. The van der Waals surface area contributed by atoms with Crippen molar-refractivity contribution in [3.05, 3.63) is 41.3 Å². The van der Waals surface area contributed by atoms with Crippen LogP contribution in [0.15, 0.2) is 41.3 Å². The van der Waals surface area contributed by atoms with Crippen LogP contribution < -0.4 is 10.5 Å². The van der Waals surface area contributed by atoms with Crippen molar-refractivity contribution in [1.82, 2.24) is 9.97 Å². The first-order valence-corrected chi connectivity index (χ1v) is 5.04. The molecule has 5 heteroatoms. The molecule has 1 heterocycles. The second kappa shape index (κ2) is 4.27. The SMILES string of the molecule is Nc1cccc(Br)c1Oc1ccncn1. The zero-order chi connectivity index (χ0) is 10.7. The van der Waals surface area contributed by atoms with Crippen molar-refractivity contribution < 1.29 is 4.74 Å². The van der Waals surface area contributed by atoms with E-state index in [1.54, 1.807) is 18.3 Å².